The zero-order valence-corrected chi connectivity index (χ0v) is 27.8. The summed E-state index contributed by atoms with van der Waals surface area (Å²) in [5.41, 5.74) is 0.804. The van der Waals surface area contributed by atoms with Gasteiger partial charge in [-0.25, -0.2) is 0 Å². The Morgan fingerprint density at radius 2 is 1.49 bits per heavy atom. The molecule has 214 valence electrons. The molecule has 0 bridgehead atoms. The molecule has 0 amide bonds. The Labute approximate surface area is 230 Å². The van der Waals surface area contributed by atoms with Crippen molar-refractivity contribution < 1.29 is 18.4 Å². The second-order valence-electron chi connectivity index (χ2n) is 15.9. The smallest absolute Gasteiger partial charge is 0.305 e. The Morgan fingerprint density at radius 3 is 2.11 bits per heavy atom. The Bertz CT molecular complexity index is 819. The van der Waals surface area contributed by atoms with Crippen molar-refractivity contribution in [1.82, 2.24) is 0 Å². The maximum atomic E-state index is 11.9. The predicted octanol–water partition coefficient (Wildman–Crippen LogP) is 8.28. The third-order valence-electron chi connectivity index (χ3n) is 11.4. The van der Waals surface area contributed by atoms with E-state index in [-0.39, 0.29) is 5.97 Å². The van der Waals surface area contributed by atoms with Crippen LogP contribution in [0.4, 0.5) is 0 Å². The first-order valence-corrected chi connectivity index (χ1v) is 22.3. The van der Waals surface area contributed by atoms with E-state index in [1.807, 2.05) is 0 Å². The van der Waals surface area contributed by atoms with Crippen LogP contribution in [-0.4, -0.2) is 41.9 Å². The molecule has 4 fully saturated rings. The van der Waals surface area contributed by atoms with Crippen LogP contribution in [0.5, 0.6) is 0 Å². The summed E-state index contributed by atoms with van der Waals surface area (Å²) in [7, 11) is -1.69. The van der Waals surface area contributed by atoms with E-state index in [1.54, 1.807) is 0 Å². The molecule has 6 heteroatoms. The van der Waals surface area contributed by atoms with Gasteiger partial charge in [-0.2, -0.15) is 0 Å². The number of methoxy groups -OCH3 is 1. The van der Waals surface area contributed by atoms with Crippen LogP contribution in [0, 0.1) is 46.3 Å². The third kappa shape index (κ3) is 6.12. The SMILES string of the molecule is COC(=O)CC[C@@H](C)[C@H]1CC[C@H]2[C@@H]3[C@@H](O[Si](C)(C)C)C[C@H]4C[C@H](O[Si](C)(C)C)CC[C@]4(C)[C@H]3CC[C@]12C. The predicted molar refractivity (Wildman–Crippen MR) is 157 cm³/mol. The number of carbonyl (C=O) groups excluding carboxylic acids is 1. The van der Waals surface area contributed by atoms with Crippen molar-refractivity contribution in [3.05, 3.63) is 0 Å². The monoisotopic (exact) mass is 550 g/mol. The van der Waals surface area contributed by atoms with E-state index in [1.165, 1.54) is 58.5 Å². The van der Waals surface area contributed by atoms with Crippen molar-refractivity contribution in [2.75, 3.05) is 7.11 Å². The lowest BCUT2D eigenvalue weighted by molar-refractivity contribution is -0.168. The normalized spacial score (nSPS) is 42.9. The summed E-state index contributed by atoms with van der Waals surface area (Å²) in [6.45, 7) is 21.9. The quantitative estimate of drug-likeness (QED) is 0.225. The lowest BCUT2D eigenvalue weighted by Crippen LogP contribution is -2.60. The molecule has 4 rings (SSSR count). The molecule has 0 aromatic heterocycles. The molecule has 0 spiro atoms. The zero-order valence-electron chi connectivity index (χ0n) is 25.8. The number of rotatable bonds is 8. The van der Waals surface area contributed by atoms with E-state index in [4.69, 9.17) is 13.6 Å². The van der Waals surface area contributed by atoms with Gasteiger partial charge in [-0.3, -0.25) is 4.79 Å². The molecule has 0 aromatic rings. The summed E-state index contributed by atoms with van der Waals surface area (Å²) in [6.07, 6.45) is 12.8. The van der Waals surface area contributed by atoms with Crippen LogP contribution >= 0.6 is 0 Å². The molecule has 0 aliphatic heterocycles. The molecule has 0 saturated heterocycles. The van der Waals surface area contributed by atoms with E-state index in [0.717, 1.165) is 24.2 Å². The summed E-state index contributed by atoms with van der Waals surface area (Å²) >= 11 is 0. The highest BCUT2D eigenvalue weighted by molar-refractivity contribution is 6.70. The summed E-state index contributed by atoms with van der Waals surface area (Å²) in [4.78, 5) is 11.9. The van der Waals surface area contributed by atoms with Crippen molar-refractivity contribution in [2.45, 2.75) is 136 Å². The third-order valence-corrected chi connectivity index (χ3v) is 13.5. The molecular weight excluding hydrogens is 493 g/mol. The standard InChI is InChI=1S/C31H58O4Si2/c1-21(11-14-28(32)33-4)24-12-13-25-29-26(16-18-31(24,25)3)30(2)17-15-23(34-36(5,6)7)19-22(30)20-27(29)35-37(8,9)10/h21-27,29H,11-20H2,1-10H3/t21-,22-,23-,24-,25+,26+,27+,29+,30+,31-/m1/s1. The van der Waals surface area contributed by atoms with Gasteiger partial charge in [0, 0.05) is 18.6 Å². The molecule has 0 radical (unpaired) electrons. The van der Waals surface area contributed by atoms with Crippen LogP contribution in [0.3, 0.4) is 0 Å². The van der Waals surface area contributed by atoms with Crippen molar-refractivity contribution in [3.63, 3.8) is 0 Å². The van der Waals surface area contributed by atoms with Gasteiger partial charge in [0.05, 0.1) is 7.11 Å². The van der Waals surface area contributed by atoms with Gasteiger partial charge in [-0.05, 0) is 143 Å². The summed E-state index contributed by atoms with van der Waals surface area (Å²) < 4.78 is 18.8. The van der Waals surface area contributed by atoms with E-state index in [2.05, 4.69) is 60.1 Å². The number of esters is 1. The molecule has 0 aromatic carbocycles. The molecule has 4 aliphatic rings. The molecule has 4 saturated carbocycles. The molecule has 4 nitrogen and oxygen atoms in total. The number of carbonyl (C=O) groups is 1. The van der Waals surface area contributed by atoms with Gasteiger partial charge in [0.2, 0.25) is 0 Å². The van der Waals surface area contributed by atoms with Gasteiger partial charge in [-0.1, -0.05) is 20.8 Å². The average molecular weight is 551 g/mol. The van der Waals surface area contributed by atoms with Crippen LogP contribution in [0.2, 0.25) is 39.3 Å². The number of fused-ring (bicyclic) bond motifs is 5. The van der Waals surface area contributed by atoms with Crippen LogP contribution < -0.4 is 0 Å². The zero-order chi connectivity index (χ0) is 27.4. The van der Waals surface area contributed by atoms with Crippen molar-refractivity contribution in [2.24, 2.45) is 46.3 Å². The molecule has 4 aliphatic carbocycles. The van der Waals surface area contributed by atoms with Gasteiger partial charge in [0.1, 0.15) is 0 Å². The van der Waals surface area contributed by atoms with Crippen LogP contribution in [0.15, 0.2) is 0 Å². The fraction of sp³-hybridized carbons (Fsp3) is 0.968. The minimum absolute atomic E-state index is 0.0567. The van der Waals surface area contributed by atoms with Crippen molar-refractivity contribution in [1.29, 1.82) is 0 Å². The minimum atomic E-state index is -1.67. The largest absolute Gasteiger partial charge is 0.469 e. The molecule has 37 heavy (non-hydrogen) atoms. The Kier molecular flexibility index (Phi) is 8.59. The average Bonchev–Trinajstić information content (AvgIpc) is 3.13. The van der Waals surface area contributed by atoms with Gasteiger partial charge < -0.3 is 13.6 Å². The first kappa shape index (κ1) is 29.8. The second-order valence-corrected chi connectivity index (χ2v) is 24.9. The molecular formula is C31H58O4Si2. The highest BCUT2D eigenvalue weighted by Crippen LogP contribution is 2.69. The Morgan fingerprint density at radius 1 is 0.865 bits per heavy atom. The Hall–Kier alpha value is -0.176. The number of hydrogen-bond acceptors (Lipinski definition) is 4. The maximum absolute atomic E-state index is 11.9. The van der Waals surface area contributed by atoms with Crippen LogP contribution in [0.1, 0.15) is 85.0 Å². The van der Waals surface area contributed by atoms with Gasteiger partial charge in [-0.15, -0.1) is 0 Å². The fourth-order valence-electron chi connectivity index (χ4n) is 9.97. The lowest BCUT2D eigenvalue weighted by Gasteiger charge is -2.64. The highest BCUT2D eigenvalue weighted by Gasteiger charge is 2.63. The van der Waals surface area contributed by atoms with Crippen molar-refractivity contribution in [3.8, 4) is 0 Å². The molecule has 0 N–H and O–H groups in total. The van der Waals surface area contributed by atoms with Crippen molar-refractivity contribution >= 4 is 22.6 Å². The first-order valence-electron chi connectivity index (χ1n) is 15.5. The Balaban J connectivity index is 1.59. The van der Waals surface area contributed by atoms with E-state index in [0.29, 0.717) is 47.2 Å². The minimum Gasteiger partial charge on any atom is -0.469 e. The van der Waals surface area contributed by atoms with E-state index >= 15 is 0 Å². The molecule has 0 heterocycles. The first-order chi connectivity index (χ1) is 17.1. The van der Waals surface area contributed by atoms with Crippen LogP contribution in [-0.2, 0) is 18.4 Å². The lowest BCUT2D eigenvalue weighted by atomic mass is 9.43. The number of ether oxygens (including phenoxy) is 1. The summed E-state index contributed by atoms with van der Waals surface area (Å²) in [5, 5.41) is 0. The van der Waals surface area contributed by atoms with Crippen LogP contribution in [0.25, 0.3) is 0 Å². The summed E-state index contributed by atoms with van der Waals surface area (Å²) in [6, 6.07) is 0. The van der Waals surface area contributed by atoms with Gasteiger partial charge in [0.25, 0.3) is 0 Å². The summed E-state index contributed by atoms with van der Waals surface area (Å²) in [5.74, 6) is 4.18. The van der Waals surface area contributed by atoms with E-state index < -0.39 is 16.6 Å². The topological polar surface area (TPSA) is 44.8 Å². The van der Waals surface area contributed by atoms with E-state index in [9.17, 15) is 4.79 Å². The number of hydrogen-bond donors (Lipinski definition) is 0. The van der Waals surface area contributed by atoms with Gasteiger partial charge in [0.15, 0.2) is 16.6 Å². The maximum Gasteiger partial charge on any atom is 0.305 e. The molecule has 0 unspecified atom stereocenters. The highest BCUT2D eigenvalue weighted by atomic mass is 28.4. The fourth-order valence-corrected chi connectivity index (χ4v) is 12.3. The van der Waals surface area contributed by atoms with Gasteiger partial charge >= 0.3 is 5.97 Å². The second kappa shape index (κ2) is 10.7. The molecule has 10 atom stereocenters.